The highest BCUT2D eigenvalue weighted by atomic mass is 79.9. The molecule has 0 aromatic heterocycles. The van der Waals surface area contributed by atoms with E-state index >= 15 is 0 Å². The topological polar surface area (TPSA) is 35.5 Å². The van der Waals surface area contributed by atoms with E-state index < -0.39 is 0 Å². The lowest BCUT2D eigenvalue weighted by Crippen LogP contribution is -1.95. The Hall–Kier alpha value is -1.29. The molecule has 0 saturated carbocycles. The molecule has 4 heteroatoms. The van der Waals surface area contributed by atoms with E-state index in [0.717, 1.165) is 17.2 Å². The average Bonchev–Trinajstić information content (AvgIpc) is 2.35. The van der Waals surface area contributed by atoms with E-state index in [0.29, 0.717) is 17.1 Å². The number of carbonyl (C=O) groups is 1. The molecule has 16 heavy (non-hydrogen) atoms. The van der Waals surface area contributed by atoms with Crippen LogP contribution >= 0.6 is 15.9 Å². The van der Waals surface area contributed by atoms with Crippen LogP contribution in [0.5, 0.6) is 11.5 Å². The normalized spacial score (nSPS) is 10.4. The van der Waals surface area contributed by atoms with Crippen LogP contribution in [-0.2, 0) is 0 Å². The van der Waals surface area contributed by atoms with Crippen molar-refractivity contribution in [2.75, 3.05) is 19.5 Å². The summed E-state index contributed by atoms with van der Waals surface area (Å²) in [5.74, 6) is 1.17. The molecule has 0 saturated heterocycles. The van der Waals surface area contributed by atoms with Gasteiger partial charge < -0.3 is 9.47 Å². The molecular formula is C12H13BrO3. The number of benzene rings is 1. The van der Waals surface area contributed by atoms with Gasteiger partial charge in [-0.25, -0.2) is 0 Å². The number of hydrogen-bond donors (Lipinski definition) is 0. The lowest BCUT2D eigenvalue weighted by Gasteiger charge is -2.09. The number of alkyl halides is 1. The number of ether oxygens (including phenoxy) is 2. The summed E-state index contributed by atoms with van der Waals surface area (Å²) in [5, 5.41) is 0.736. The Morgan fingerprint density at radius 3 is 2.19 bits per heavy atom. The zero-order valence-corrected chi connectivity index (χ0v) is 10.8. The Bertz CT molecular complexity index is 399. The lowest BCUT2D eigenvalue weighted by molar-refractivity contribution is 0.112. The van der Waals surface area contributed by atoms with Crippen LogP contribution in [0.2, 0.25) is 0 Å². The molecule has 0 atom stereocenters. The van der Waals surface area contributed by atoms with Gasteiger partial charge in [0.15, 0.2) is 17.8 Å². The van der Waals surface area contributed by atoms with Gasteiger partial charge in [-0.2, -0.15) is 0 Å². The molecule has 86 valence electrons. The van der Waals surface area contributed by atoms with Crippen LogP contribution in [0, 0.1) is 0 Å². The van der Waals surface area contributed by atoms with E-state index in [-0.39, 0.29) is 0 Å². The van der Waals surface area contributed by atoms with Gasteiger partial charge in [0, 0.05) is 10.9 Å². The molecule has 0 heterocycles. The van der Waals surface area contributed by atoms with Crippen LogP contribution < -0.4 is 9.47 Å². The molecule has 1 rings (SSSR count). The Labute approximate surface area is 103 Å². The first-order chi connectivity index (χ1) is 7.76. The fraction of sp³-hybridized carbons (Fsp3) is 0.250. The highest BCUT2D eigenvalue weighted by Gasteiger charge is 2.08. The van der Waals surface area contributed by atoms with Gasteiger partial charge in [-0.3, -0.25) is 4.79 Å². The third-order valence-corrected chi connectivity index (χ3v) is 2.48. The highest BCUT2D eigenvalue weighted by molar-refractivity contribution is 9.09. The van der Waals surface area contributed by atoms with E-state index in [2.05, 4.69) is 15.9 Å². The maximum absolute atomic E-state index is 10.9. The predicted molar refractivity (Wildman–Crippen MR) is 67.8 cm³/mol. The maximum Gasteiger partial charge on any atom is 0.161 e. The van der Waals surface area contributed by atoms with Gasteiger partial charge in [0.25, 0.3) is 0 Å². The van der Waals surface area contributed by atoms with Crippen molar-refractivity contribution in [1.29, 1.82) is 0 Å². The summed E-state index contributed by atoms with van der Waals surface area (Å²) < 4.78 is 10.3. The van der Waals surface area contributed by atoms with E-state index in [1.165, 1.54) is 0 Å². The molecule has 0 aliphatic rings. The number of rotatable bonds is 5. The standard InChI is InChI=1S/C12H13BrO3/c1-15-11-6-9(4-3-5-13)10(8-14)7-12(11)16-2/h3-4,6-8H,5H2,1-2H3. The fourth-order valence-corrected chi connectivity index (χ4v) is 1.52. The molecule has 3 nitrogen and oxygen atoms in total. The minimum absolute atomic E-state index is 0.556. The summed E-state index contributed by atoms with van der Waals surface area (Å²) >= 11 is 3.29. The molecule has 1 aromatic carbocycles. The molecule has 0 fully saturated rings. The van der Waals surface area contributed by atoms with Crippen molar-refractivity contribution in [1.82, 2.24) is 0 Å². The number of hydrogen-bond acceptors (Lipinski definition) is 3. The van der Waals surface area contributed by atoms with Gasteiger partial charge in [-0.15, -0.1) is 0 Å². The molecular weight excluding hydrogens is 272 g/mol. The van der Waals surface area contributed by atoms with E-state index in [1.54, 1.807) is 26.4 Å². The van der Waals surface area contributed by atoms with Gasteiger partial charge in [0.05, 0.1) is 14.2 Å². The zero-order chi connectivity index (χ0) is 12.0. The SMILES string of the molecule is COc1cc(C=O)c(C=CCBr)cc1OC. The summed E-state index contributed by atoms with van der Waals surface area (Å²) in [6.45, 7) is 0. The van der Waals surface area contributed by atoms with Crippen LogP contribution in [0.15, 0.2) is 18.2 Å². The molecule has 1 aromatic rings. The van der Waals surface area contributed by atoms with Crippen molar-refractivity contribution in [2.24, 2.45) is 0 Å². The minimum atomic E-state index is 0.556. The second kappa shape index (κ2) is 6.33. The molecule has 0 bridgehead atoms. The van der Waals surface area contributed by atoms with Crippen LogP contribution in [-0.4, -0.2) is 25.8 Å². The van der Waals surface area contributed by atoms with Gasteiger partial charge in [0.1, 0.15) is 0 Å². The average molecular weight is 285 g/mol. The zero-order valence-electron chi connectivity index (χ0n) is 9.20. The third kappa shape index (κ3) is 2.85. The van der Waals surface area contributed by atoms with Crippen LogP contribution in [0.4, 0.5) is 0 Å². The molecule has 0 aliphatic heterocycles. The van der Waals surface area contributed by atoms with Crippen molar-refractivity contribution >= 4 is 28.3 Å². The Morgan fingerprint density at radius 1 is 1.19 bits per heavy atom. The molecule has 0 aliphatic carbocycles. The van der Waals surface area contributed by atoms with E-state index in [1.807, 2.05) is 12.2 Å². The van der Waals surface area contributed by atoms with Crippen molar-refractivity contribution in [3.8, 4) is 11.5 Å². The Morgan fingerprint density at radius 2 is 1.75 bits per heavy atom. The first-order valence-electron chi connectivity index (χ1n) is 4.70. The second-order valence-electron chi connectivity index (χ2n) is 3.01. The molecule has 0 N–H and O–H groups in total. The third-order valence-electron chi connectivity index (χ3n) is 2.10. The van der Waals surface area contributed by atoms with Crippen molar-refractivity contribution in [3.05, 3.63) is 29.3 Å². The Kier molecular flexibility index (Phi) is 5.05. The summed E-state index contributed by atoms with van der Waals surface area (Å²) in [6.07, 6.45) is 4.57. The monoisotopic (exact) mass is 284 g/mol. The first kappa shape index (κ1) is 12.8. The summed E-state index contributed by atoms with van der Waals surface area (Å²) in [6, 6.07) is 3.45. The predicted octanol–water partition coefficient (Wildman–Crippen LogP) is 2.92. The second-order valence-corrected chi connectivity index (χ2v) is 3.66. The number of aldehydes is 1. The van der Waals surface area contributed by atoms with Crippen molar-refractivity contribution in [3.63, 3.8) is 0 Å². The summed E-state index contributed by atoms with van der Waals surface area (Å²) in [5.41, 5.74) is 1.39. The van der Waals surface area contributed by atoms with E-state index in [4.69, 9.17) is 9.47 Å². The van der Waals surface area contributed by atoms with Crippen molar-refractivity contribution in [2.45, 2.75) is 0 Å². The molecule has 0 radical (unpaired) electrons. The smallest absolute Gasteiger partial charge is 0.161 e. The first-order valence-corrected chi connectivity index (χ1v) is 5.82. The number of allylic oxidation sites excluding steroid dienone is 1. The quantitative estimate of drug-likeness (QED) is 0.616. The van der Waals surface area contributed by atoms with Gasteiger partial charge in [-0.1, -0.05) is 28.1 Å². The van der Waals surface area contributed by atoms with Gasteiger partial charge in [0.2, 0.25) is 0 Å². The van der Waals surface area contributed by atoms with Crippen LogP contribution in [0.25, 0.3) is 6.08 Å². The van der Waals surface area contributed by atoms with Gasteiger partial charge >= 0.3 is 0 Å². The van der Waals surface area contributed by atoms with Crippen molar-refractivity contribution < 1.29 is 14.3 Å². The summed E-state index contributed by atoms with van der Waals surface area (Å²) in [7, 11) is 3.11. The van der Waals surface area contributed by atoms with Crippen LogP contribution in [0.3, 0.4) is 0 Å². The summed E-state index contributed by atoms with van der Waals surface area (Å²) in [4.78, 5) is 10.9. The highest BCUT2D eigenvalue weighted by Crippen LogP contribution is 2.30. The lowest BCUT2D eigenvalue weighted by atomic mass is 10.1. The molecule has 0 unspecified atom stereocenters. The number of carbonyl (C=O) groups excluding carboxylic acids is 1. The van der Waals surface area contributed by atoms with Gasteiger partial charge in [-0.05, 0) is 17.7 Å². The van der Waals surface area contributed by atoms with Crippen LogP contribution in [0.1, 0.15) is 15.9 Å². The number of halogens is 1. The fourth-order valence-electron chi connectivity index (χ4n) is 1.33. The minimum Gasteiger partial charge on any atom is -0.493 e. The Balaban J connectivity index is 3.25. The maximum atomic E-state index is 10.9. The van der Waals surface area contributed by atoms with E-state index in [9.17, 15) is 4.79 Å². The largest absolute Gasteiger partial charge is 0.493 e. The molecule has 0 amide bonds. The number of methoxy groups -OCH3 is 2. The molecule has 0 spiro atoms.